The smallest absolute Gasteiger partial charge is 0.242 e. The third-order valence-electron chi connectivity index (χ3n) is 3.95. The summed E-state index contributed by atoms with van der Waals surface area (Å²) in [6.07, 6.45) is 0. The molecule has 26 heavy (non-hydrogen) atoms. The van der Waals surface area contributed by atoms with Gasteiger partial charge in [-0.05, 0) is 30.2 Å². The second-order valence-corrected chi connectivity index (χ2v) is 8.96. The summed E-state index contributed by atoms with van der Waals surface area (Å²) >= 11 is 3.34. The van der Waals surface area contributed by atoms with Crippen LogP contribution in [0, 0.1) is 6.92 Å². The molecule has 0 N–H and O–H groups in total. The van der Waals surface area contributed by atoms with Gasteiger partial charge in [-0.3, -0.25) is 0 Å². The Morgan fingerprint density at radius 3 is 2.50 bits per heavy atom. The Morgan fingerprint density at radius 2 is 1.81 bits per heavy atom. The number of sulfonamides is 1. The highest BCUT2D eigenvalue weighted by molar-refractivity contribution is 9.10. The van der Waals surface area contributed by atoms with Crippen LogP contribution in [0.2, 0.25) is 0 Å². The number of benzene rings is 2. The SMILES string of the molecule is Cc1ccccc1-c1noc(CN(C)S(=O)(=O)Cc2ccc(Br)cc2)n1. The molecule has 136 valence electrons. The normalized spacial score (nSPS) is 11.8. The molecule has 6 nitrogen and oxygen atoms in total. The lowest BCUT2D eigenvalue weighted by atomic mass is 10.1. The zero-order valence-corrected chi connectivity index (χ0v) is 16.8. The van der Waals surface area contributed by atoms with Gasteiger partial charge >= 0.3 is 0 Å². The van der Waals surface area contributed by atoms with E-state index < -0.39 is 10.0 Å². The van der Waals surface area contributed by atoms with Gasteiger partial charge in [0.25, 0.3) is 0 Å². The van der Waals surface area contributed by atoms with Gasteiger partial charge in [-0.2, -0.15) is 9.29 Å². The van der Waals surface area contributed by atoms with Crippen LogP contribution in [-0.4, -0.2) is 29.9 Å². The minimum absolute atomic E-state index is 0.0255. The van der Waals surface area contributed by atoms with E-state index in [0.717, 1.165) is 15.6 Å². The maximum absolute atomic E-state index is 12.5. The van der Waals surface area contributed by atoms with E-state index in [-0.39, 0.29) is 18.2 Å². The van der Waals surface area contributed by atoms with Crippen molar-refractivity contribution in [2.24, 2.45) is 0 Å². The number of aromatic nitrogens is 2. The molecule has 1 aromatic heterocycles. The van der Waals surface area contributed by atoms with E-state index in [1.807, 2.05) is 43.3 Å². The van der Waals surface area contributed by atoms with E-state index in [4.69, 9.17) is 4.52 Å². The van der Waals surface area contributed by atoms with E-state index in [2.05, 4.69) is 26.1 Å². The van der Waals surface area contributed by atoms with Crippen molar-refractivity contribution in [3.8, 4) is 11.4 Å². The first kappa shape index (κ1) is 18.8. The van der Waals surface area contributed by atoms with Crippen LogP contribution in [0.5, 0.6) is 0 Å². The quantitative estimate of drug-likeness (QED) is 0.588. The lowest BCUT2D eigenvalue weighted by Crippen LogP contribution is -2.27. The van der Waals surface area contributed by atoms with E-state index >= 15 is 0 Å². The van der Waals surface area contributed by atoms with Crippen molar-refractivity contribution in [1.29, 1.82) is 0 Å². The highest BCUT2D eigenvalue weighted by atomic mass is 79.9. The summed E-state index contributed by atoms with van der Waals surface area (Å²) in [5.41, 5.74) is 2.60. The second kappa shape index (κ2) is 7.69. The predicted octanol–water partition coefficient (Wildman–Crippen LogP) is 3.77. The molecule has 3 rings (SSSR count). The molecule has 2 aromatic carbocycles. The number of aryl methyl sites for hydroxylation is 1. The zero-order valence-electron chi connectivity index (χ0n) is 14.4. The number of nitrogens with zero attached hydrogens (tertiary/aromatic N) is 3. The molecule has 0 aliphatic rings. The largest absolute Gasteiger partial charge is 0.338 e. The standard InChI is InChI=1S/C18H18BrN3O3S/c1-13-5-3-4-6-16(13)18-20-17(25-21-18)11-22(2)26(23,24)12-14-7-9-15(19)10-8-14/h3-10H,11-12H2,1-2H3. The van der Waals surface area contributed by atoms with Gasteiger partial charge in [0.05, 0.1) is 12.3 Å². The first-order valence-electron chi connectivity index (χ1n) is 7.92. The van der Waals surface area contributed by atoms with Crippen molar-refractivity contribution in [1.82, 2.24) is 14.4 Å². The van der Waals surface area contributed by atoms with Crippen molar-refractivity contribution in [3.63, 3.8) is 0 Å². The van der Waals surface area contributed by atoms with Crippen LogP contribution in [0.3, 0.4) is 0 Å². The summed E-state index contributed by atoms with van der Waals surface area (Å²) in [5, 5.41) is 3.96. The molecule has 0 fully saturated rings. The summed E-state index contributed by atoms with van der Waals surface area (Å²) in [5.74, 6) is 0.622. The van der Waals surface area contributed by atoms with Gasteiger partial charge in [0.2, 0.25) is 21.7 Å². The molecule has 0 aliphatic carbocycles. The molecule has 0 atom stereocenters. The number of hydrogen-bond acceptors (Lipinski definition) is 5. The molecule has 3 aromatic rings. The van der Waals surface area contributed by atoms with E-state index in [1.165, 1.54) is 11.4 Å². The number of halogens is 1. The summed E-state index contributed by atoms with van der Waals surface area (Å²) < 4.78 is 32.5. The van der Waals surface area contributed by atoms with Crippen LogP contribution in [0.25, 0.3) is 11.4 Å². The lowest BCUT2D eigenvalue weighted by molar-refractivity contribution is 0.336. The Bertz CT molecular complexity index is 1000. The zero-order chi connectivity index (χ0) is 18.7. The van der Waals surface area contributed by atoms with Crippen LogP contribution in [0.15, 0.2) is 57.5 Å². The van der Waals surface area contributed by atoms with Crippen molar-refractivity contribution in [2.45, 2.75) is 19.2 Å². The van der Waals surface area contributed by atoms with E-state index in [0.29, 0.717) is 11.4 Å². The molecule has 0 unspecified atom stereocenters. The number of rotatable bonds is 6. The Kier molecular flexibility index (Phi) is 5.55. The molecule has 0 radical (unpaired) electrons. The third kappa shape index (κ3) is 4.38. The first-order valence-corrected chi connectivity index (χ1v) is 10.3. The Balaban J connectivity index is 1.72. The first-order chi connectivity index (χ1) is 12.3. The van der Waals surface area contributed by atoms with Crippen molar-refractivity contribution in [3.05, 3.63) is 70.0 Å². The third-order valence-corrected chi connectivity index (χ3v) is 6.25. The summed E-state index contributed by atoms with van der Waals surface area (Å²) in [6.45, 7) is 1.98. The van der Waals surface area contributed by atoms with Gasteiger partial charge in [0.15, 0.2) is 0 Å². The van der Waals surface area contributed by atoms with Gasteiger partial charge in [-0.15, -0.1) is 0 Å². The van der Waals surface area contributed by atoms with Gasteiger partial charge in [-0.1, -0.05) is 57.5 Å². The summed E-state index contributed by atoms with van der Waals surface area (Å²) in [4.78, 5) is 4.32. The highest BCUT2D eigenvalue weighted by Crippen LogP contribution is 2.21. The Hall–Kier alpha value is -2.03. The van der Waals surface area contributed by atoms with Gasteiger partial charge in [-0.25, -0.2) is 8.42 Å². The molecule has 0 amide bonds. The fourth-order valence-electron chi connectivity index (χ4n) is 2.44. The van der Waals surface area contributed by atoms with E-state index in [9.17, 15) is 8.42 Å². The molecule has 0 bridgehead atoms. The minimum atomic E-state index is -3.50. The lowest BCUT2D eigenvalue weighted by Gasteiger charge is -2.15. The average molecular weight is 436 g/mol. The predicted molar refractivity (Wildman–Crippen MR) is 103 cm³/mol. The van der Waals surface area contributed by atoms with Crippen molar-refractivity contribution < 1.29 is 12.9 Å². The van der Waals surface area contributed by atoms with Crippen molar-refractivity contribution in [2.75, 3.05) is 7.05 Å². The fraction of sp³-hybridized carbons (Fsp3) is 0.222. The molecular formula is C18H18BrN3O3S. The molecule has 0 saturated heterocycles. The fourth-order valence-corrected chi connectivity index (χ4v) is 3.85. The molecule has 1 heterocycles. The van der Waals surface area contributed by atoms with Crippen LogP contribution < -0.4 is 0 Å². The van der Waals surface area contributed by atoms with Crippen LogP contribution >= 0.6 is 15.9 Å². The molecule has 0 saturated carbocycles. The maximum Gasteiger partial charge on any atom is 0.242 e. The second-order valence-electron chi connectivity index (χ2n) is 5.97. The summed E-state index contributed by atoms with van der Waals surface area (Å²) in [6, 6.07) is 14.9. The summed E-state index contributed by atoms with van der Waals surface area (Å²) in [7, 11) is -1.99. The topological polar surface area (TPSA) is 76.3 Å². The molecular weight excluding hydrogens is 418 g/mol. The Labute approximate surface area is 161 Å². The maximum atomic E-state index is 12.5. The monoisotopic (exact) mass is 435 g/mol. The molecule has 0 aliphatic heterocycles. The average Bonchev–Trinajstić information content (AvgIpc) is 3.05. The van der Waals surface area contributed by atoms with Crippen LogP contribution in [0.1, 0.15) is 17.0 Å². The molecule has 0 spiro atoms. The van der Waals surface area contributed by atoms with Crippen LogP contribution in [-0.2, 0) is 22.3 Å². The molecule has 8 heteroatoms. The Morgan fingerprint density at radius 1 is 1.12 bits per heavy atom. The number of hydrogen-bond donors (Lipinski definition) is 0. The van der Waals surface area contributed by atoms with Gasteiger partial charge in [0.1, 0.15) is 0 Å². The van der Waals surface area contributed by atoms with Crippen molar-refractivity contribution >= 4 is 26.0 Å². The van der Waals surface area contributed by atoms with Crippen LogP contribution in [0.4, 0.5) is 0 Å². The highest BCUT2D eigenvalue weighted by Gasteiger charge is 2.22. The van der Waals surface area contributed by atoms with Gasteiger partial charge in [0, 0.05) is 17.1 Å². The minimum Gasteiger partial charge on any atom is -0.338 e. The van der Waals surface area contributed by atoms with Gasteiger partial charge < -0.3 is 4.52 Å². The van der Waals surface area contributed by atoms with E-state index in [1.54, 1.807) is 12.1 Å².